The Morgan fingerprint density at radius 3 is 2.60 bits per heavy atom. The van der Waals surface area contributed by atoms with E-state index in [2.05, 4.69) is 26.6 Å². The van der Waals surface area contributed by atoms with Crippen LogP contribution in [0.2, 0.25) is 0 Å². The molecule has 1 atom stereocenters. The molecule has 0 aromatic heterocycles. The van der Waals surface area contributed by atoms with Gasteiger partial charge < -0.3 is 20.1 Å². The Morgan fingerprint density at radius 2 is 1.84 bits per heavy atom. The molecule has 2 aromatic carbocycles. The van der Waals surface area contributed by atoms with Gasteiger partial charge in [-0.2, -0.15) is 0 Å². The number of amides is 1. The predicted octanol–water partition coefficient (Wildman–Crippen LogP) is 3.73. The molecule has 1 unspecified atom stereocenters. The average Bonchev–Trinajstić information content (AvgIpc) is 2.61. The molecule has 1 heterocycles. The van der Waals surface area contributed by atoms with Crippen LogP contribution in [0, 0.1) is 0 Å². The number of nitrogens with one attached hydrogen (secondary N) is 2. The zero-order chi connectivity index (χ0) is 17.6. The van der Waals surface area contributed by atoms with E-state index >= 15 is 0 Å². The molecule has 0 saturated carbocycles. The zero-order valence-electron chi connectivity index (χ0n) is 14.0. The smallest absolute Gasteiger partial charge is 0.225 e. The van der Waals surface area contributed by atoms with E-state index in [1.807, 2.05) is 49.4 Å². The number of hydrogen-bond acceptors (Lipinski definition) is 4. The molecule has 1 amide bonds. The first-order valence-corrected chi connectivity index (χ1v) is 9.07. The van der Waals surface area contributed by atoms with E-state index in [0.717, 1.165) is 27.2 Å². The fourth-order valence-electron chi connectivity index (χ4n) is 2.59. The number of halogens is 1. The van der Waals surface area contributed by atoms with Crippen molar-refractivity contribution in [2.75, 3.05) is 18.5 Å². The molecule has 0 fully saturated rings. The van der Waals surface area contributed by atoms with Gasteiger partial charge in [-0.05, 0) is 48.9 Å². The maximum absolute atomic E-state index is 12.1. The van der Waals surface area contributed by atoms with Crippen LogP contribution in [0.25, 0.3) is 0 Å². The van der Waals surface area contributed by atoms with Crippen LogP contribution in [-0.2, 0) is 11.3 Å². The monoisotopic (exact) mass is 404 g/mol. The lowest BCUT2D eigenvalue weighted by Crippen LogP contribution is -2.30. The van der Waals surface area contributed by atoms with Gasteiger partial charge in [-0.25, -0.2) is 0 Å². The summed E-state index contributed by atoms with van der Waals surface area (Å²) in [5.74, 6) is 1.56. The molecule has 5 nitrogen and oxygen atoms in total. The lowest BCUT2D eigenvalue weighted by molar-refractivity contribution is -0.116. The first-order valence-electron chi connectivity index (χ1n) is 8.27. The minimum atomic E-state index is -0.00973. The van der Waals surface area contributed by atoms with Gasteiger partial charge in [0.05, 0.1) is 0 Å². The average molecular weight is 405 g/mol. The Hall–Kier alpha value is -2.05. The number of carbonyl (C=O) groups excluding carboxylic acids is 1. The highest BCUT2D eigenvalue weighted by Gasteiger charge is 2.13. The van der Waals surface area contributed by atoms with Gasteiger partial charge in [-0.15, -0.1) is 0 Å². The van der Waals surface area contributed by atoms with E-state index in [1.165, 1.54) is 0 Å². The second-order valence-corrected chi connectivity index (χ2v) is 6.93. The second kappa shape index (κ2) is 8.36. The lowest BCUT2D eigenvalue weighted by atomic mass is 10.1. The van der Waals surface area contributed by atoms with Gasteiger partial charge in [0.25, 0.3) is 0 Å². The molecule has 132 valence electrons. The minimum Gasteiger partial charge on any atom is -0.486 e. The van der Waals surface area contributed by atoms with Crippen molar-refractivity contribution in [1.82, 2.24) is 5.32 Å². The van der Waals surface area contributed by atoms with Crippen molar-refractivity contribution in [1.29, 1.82) is 0 Å². The van der Waals surface area contributed by atoms with Gasteiger partial charge in [0.15, 0.2) is 11.5 Å². The number of ether oxygens (including phenoxy) is 2. The first-order chi connectivity index (χ1) is 12.1. The number of carbonyl (C=O) groups is 1. The van der Waals surface area contributed by atoms with Crippen molar-refractivity contribution in [3.05, 3.63) is 52.5 Å². The Bertz CT molecular complexity index is 734. The van der Waals surface area contributed by atoms with Crippen molar-refractivity contribution in [2.45, 2.75) is 25.9 Å². The molecular weight excluding hydrogens is 384 g/mol. The fraction of sp³-hybridized carbons (Fsp3) is 0.316. The van der Waals surface area contributed by atoms with Gasteiger partial charge in [0.1, 0.15) is 13.2 Å². The predicted molar refractivity (Wildman–Crippen MR) is 101 cm³/mol. The third-order valence-electron chi connectivity index (χ3n) is 3.88. The largest absolute Gasteiger partial charge is 0.486 e. The van der Waals surface area contributed by atoms with Gasteiger partial charge in [0, 0.05) is 29.2 Å². The van der Waals surface area contributed by atoms with E-state index in [0.29, 0.717) is 26.2 Å². The molecule has 0 radical (unpaired) electrons. The van der Waals surface area contributed by atoms with Crippen molar-refractivity contribution in [3.63, 3.8) is 0 Å². The molecule has 0 bridgehead atoms. The van der Waals surface area contributed by atoms with Gasteiger partial charge in [0.2, 0.25) is 5.91 Å². The molecule has 6 heteroatoms. The third kappa shape index (κ3) is 5.21. The summed E-state index contributed by atoms with van der Waals surface area (Å²) >= 11 is 3.38. The normalized spacial score (nSPS) is 14.0. The molecule has 0 spiro atoms. The number of rotatable bonds is 6. The minimum absolute atomic E-state index is 0.00973. The van der Waals surface area contributed by atoms with E-state index < -0.39 is 0 Å². The molecule has 1 aliphatic heterocycles. The quantitative estimate of drug-likeness (QED) is 0.769. The Labute approximate surface area is 155 Å². The van der Waals surface area contributed by atoms with Crippen LogP contribution in [-0.4, -0.2) is 25.2 Å². The third-order valence-corrected chi connectivity index (χ3v) is 4.41. The highest BCUT2D eigenvalue weighted by atomic mass is 79.9. The Balaban J connectivity index is 1.46. The molecule has 2 aromatic rings. The van der Waals surface area contributed by atoms with E-state index in [-0.39, 0.29) is 11.9 Å². The zero-order valence-corrected chi connectivity index (χ0v) is 15.6. The van der Waals surface area contributed by atoms with Crippen molar-refractivity contribution < 1.29 is 14.3 Å². The van der Waals surface area contributed by atoms with Crippen molar-refractivity contribution in [3.8, 4) is 11.5 Å². The summed E-state index contributed by atoms with van der Waals surface area (Å²) in [6.07, 6.45) is 0.403. The number of hydrogen-bond donors (Lipinski definition) is 2. The van der Waals surface area contributed by atoms with E-state index in [4.69, 9.17) is 9.47 Å². The van der Waals surface area contributed by atoms with Gasteiger partial charge >= 0.3 is 0 Å². The molecule has 25 heavy (non-hydrogen) atoms. The van der Waals surface area contributed by atoms with Gasteiger partial charge in [-0.1, -0.05) is 22.0 Å². The summed E-state index contributed by atoms with van der Waals surface area (Å²) in [4.78, 5) is 12.1. The summed E-state index contributed by atoms with van der Waals surface area (Å²) in [6, 6.07) is 13.5. The summed E-state index contributed by atoms with van der Waals surface area (Å²) in [5, 5.41) is 6.27. The fourth-order valence-corrected chi connectivity index (χ4v) is 2.85. The topological polar surface area (TPSA) is 59.6 Å². The SMILES string of the molecule is CC(CC(=O)Nc1ccc(Br)cc1)NCc1ccc2c(c1)OCCO2. The summed E-state index contributed by atoms with van der Waals surface area (Å²) in [7, 11) is 0. The summed E-state index contributed by atoms with van der Waals surface area (Å²) in [6.45, 7) is 3.84. The van der Waals surface area contributed by atoms with Crippen LogP contribution < -0.4 is 20.1 Å². The van der Waals surface area contributed by atoms with Crippen molar-refractivity contribution in [2.24, 2.45) is 0 Å². The number of anilines is 1. The molecule has 0 aliphatic carbocycles. The number of fused-ring (bicyclic) bond motifs is 1. The van der Waals surface area contributed by atoms with Crippen LogP contribution in [0.3, 0.4) is 0 Å². The maximum Gasteiger partial charge on any atom is 0.225 e. The summed E-state index contributed by atoms with van der Waals surface area (Å²) < 4.78 is 12.1. The van der Waals surface area contributed by atoms with Crippen LogP contribution in [0.5, 0.6) is 11.5 Å². The van der Waals surface area contributed by atoms with Crippen LogP contribution in [0.1, 0.15) is 18.9 Å². The van der Waals surface area contributed by atoms with Gasteiger partial charge in [-0.3, -0.25) is 4.79 Å². The molecule has 0 saturated heterocycles. The second-order valence-electron chi connectivity index (χ2n) is 6.02. The van der Waals surface area contributed by atoms with Crippen LogP contribution in [0.15, 0.2) is 46.9 Å². The number of benzene rings is 2. The molecular formula is C19H21BrN2O3. The molecule has 3 rings (SSSR count). The van der Waals surface area contributed by atoms with Crippen LogP contribution in [0.4, 0.5) is 5.69 Å². The standard InChI is InChI=1S/C19H21BrN2O3/c1-13(10-19(23)22-16-5-3-15(20)4-6-16)21-12-14-2-7-17-18(11-14)25-9-8-24-17/h2-7,11,13,21H,8-10,12H2,1H3,(H,22,23). The molecule has 2 N–H and O–H groups in total. The van der Waals surface area contributed by atoms with Crippen molar-refractivity contribution >= 4 is 27.5 Å². The Morgan fingerprint density at radius 1 is 1.12 bits per heavy atom. The van der Waals surface area contributed by atoms with Crippen LogP contribution >= 0.6 is 15.9 Å². The highest BCUT2D eigenvalue weighted by molar-refractivity contribution is 9.10. The molecule has 1 aliphatic rings. The Kier molecular flexibility index (Phi) is 5.94. The lowest BCUT2D eigenvalue weighted by Gasteiger charge is -2.19. The maximum atomic E-state index is 12.1. The first kappa shape index (κ1) is 17.8. The van der Waals surface area contributed by atoms with E-state index in [1.54, 1.807) is 0 Å². The van der Waals surface area contributed by atoms with E-state index in [9.17, 15) is 4.79 Å². The highest BCUT2D eigenvalue weighted by Crippen LogP contribution is 2.30. The summed E-state index contributed by atoms with van der Waals surface area (Å²) in [5.41, 5.74) is 1.90.